The van der Waals surface area contributed by atoms with E-state index < -0.39 is 6.04 Å². The summed E-state index contributed by atoms with van der Waals surface area (Å²) in [6.07, 6.45) is 6.28. The Balaban J connectivity index is 2.00. The van der Waals surface area contributed by atoms with Crippen LogP contribution >= 0.6 is 0 Å². The van der Waals surface area contributed by atoms with Gasteiger partial charge in [0.05, 0.1) is 27.5 Å². The summed E-state index contributed by atoms with van der Waals surface area (Å²) in [5, 5.41) is 4.20. The molecule has 8 nitrogen and oxygen atoms in total. The number of ether oxygens (including phenoxy) is 3. The number of hydrogen-bond acceptors (Lipinski definition) is 7. The fourth-order valence-electron chi connectivity index (χ4n) is 3.02. The van der Waals surface area contributed by atoms with Crippen molar-refractivity contribution in [3.63, 3.8) is 0 Å². The first kappa shape index (κ1) is 18.5. The highest BCUT2D eigenvalue weighted by atomic mass is 16.5. The lowest BCUT2D eigenvalue weighted by molar-refractivity contribution is -0.111. The summed E-state index contributed by atoms with van der Waals surface area (Å²) >= 11 is 0. The molecule has 0 saturated carbocycles. The molecule has 1 unspecified atom stereocenters. The van der Waals surface area contributed by atoms with Crippen molar-refractivity contribution in [3.8, 4) is 17.2 Å². The number of carbonyl (C=O) groups excluding carboxylic acids is 1. The highest BCUT2D eigenvalue weighted by molar-refractivity contribution is 6.01. The van der Waals surface area contributed by atoms with E-state index in [0.717, 1.165) is 17.4 Å². The predicted octanol–water partition coefficient (Wildman–Crippen LogP) is 2.37. The molecule has 8 heteroatoms. The molecular formula is C19H22N4O4. The number of fused-ring (bicyclic) bond motifs is 1. The minimum absolute atomic E-state index is 0.425. The van der Waals surface area contributed by atoms with Crippen LogP contribution in [0.5, 0.6) is 17.2 Å². The number of hydrogen-bond donors (Lipinski definition) is 0. The third-order valence-corrected chi connectivity index (χ3v) is 4.49. The van der Waals surface area contributed by atoms with Gasteiger partial charge in [0.25, 0.3) is 0 Å². The molecule has 1 atom stereocenters. The summed E-state index contributed by atoms with van der Waals surface area (Å²) in [5.74, 6) is 2.99. The van der Waals surface area contributed by atoms with E-state index in [0.29, 0.717) is 28.9 Å². The second-order valence-corrected chi connectivity index (χ2v) is 6.00. The number of nitrogens with zero attached hydrogens (tertiary/aromatic N) is 4. The van der Waals surface area contributed by atoms with Gasteiger partial charge in [-0.25, -0.2) is 4.99 Å². The molecule has 1 aromatic carbocycles. The molecule has 0 radical (unpaired) electrons. The van der Waals surface area contributed by atoms with E-state index in [1.165, 1.54) is 0 Å². The summed E-state index contributed by atoms with van der Waals surface area (Å²) in [4.78, 5) is 18.0. The van der Waals surface area contributed by atoms with Crippen molar-refractivity contribution >= 4 is 24.0 Å². The quantitative estimate of drug-likeness (QED) is 0.727. The first-order valence-corrected chi connectivity index (χ1v) is 8.30. The van der Waals surface area contributed by atoms with Gasteiger partial charge < -0.3 is 23.9 Å². The molecule has 2 heterocycles. The Kier molecular flexibility index (Phi) is 5.16. The van der Waals surface area contributed by atoms with Gasteiger partial charge in [-0.2, -0.15) is 5.10 Å². The molecule has 0 spiro atoms. The number of aliphatic imine (C=N–C) groups is 1. The van der Waals surface area contributed by atoms with Crippen LogP contribution in [0.3, 0.4) is 0 Å². The number of benzene rings is 1. The molecule has 142 valence electrons. The van der Waals surface area contributed by atoms with Gasteiger partial charge in [-0.3, -0.25) is 4.68 Å². The predicted molar refractivity (Wildman–Crippen MR) is 102 cm³/mol. The van der Waals surface area contributed by atoms with E-state index in [1.54, 1.807) is 39.3 Å². The Hall–Kier alpha value is -3.29. The molecule has 2 aromatic rings. The molecule has 0 bridgehead atoms. The average Bonchev–Trinajstić information content (AvgIpc) is 3.05. The fraction of sp³-hybridized carbons (Fsp3) is 0.316. The number of rotatable bonds is 6. The second kappa shape index (κ2) is 7.53. The minimum Gasteiger partial charge on any atom is -0.493 e. The van der Waals surface area contributed by atoms with Crippen molar-refractivity contribution in [3.05, 3.63) is 35.5 Å². The molecule has 27 heavy (non-hydrogen) atoms. The SMILES string of the molecule is COc1cc(/C=C/C2=Nc3c(cnn3C)C(C=O)N2C)cc(OC)c1OC. The van der Waals surface area contributed by atoms with Crippen LogP contribution in [-0.2, 0) is 11.8 Å². The smallest absolute Gasteiger partial charge is 0.203 e. The summed E-state index contributed by atoms with van der Waals surface area (Å²) < 4.78 is 17.8. The van der Waals surface area contributed by atoms with Crippen LogP contribution < -0.4 is 14.2 Å². The Bertz CT molecular complexity index is 891. The van der Waals surface area contributed by atoms with Crippen LogP contribution in [-0.4, -0.2) is 55.2 Å². The van der Waals surface area contributed by atoms with Crippen molar-refractivity contribution in [1.82, 2.24) is 14.7 Å². The van der Waals surface area contributed by atoms with Crippen molar-refractivity contribution in [2.45, 2.75) is 6.04 Å². The summed E-state index contributed by atoms with van der Waals surface area (Å²) in [5.41, 5.74) is 1.64. The van der Waals surface area contributed by atoms with Crippen LogP contribution in [0.2, 0.25) is 0 Å². The maximum absolute atomic E-state index is 11.6. The first-order valence-electron chi connectivity index (χ1n) is 8.30. The molecule has 0 N–H and O–H groups in total. The Morgan fingerprint density at radius 3 is 2.26 bits per heavy atom. The maximum atomic E-state index is 11.6. The van der Waals surface area contributed by atoms with Gasteiger partial charge in [-0.05, 0) is 23.8 Å². The molecule has 0 amide bonds. The standard InChI is InChI=1S/C19H22N4O4/c1-22-14(11-24)13-10-20-23(2)19(13)21-17(22)7-6-12-8-15(25-3)18(27-5)16(9-12)26-4/h6-11,14H,1-5H3/b7-6+. The lowest BCUT2D eigenvalue weighted by Crippen LogP contribution is -2.33. The number of likely N-dealkylation sites (N-methyl/N-ethyl adjacent to an activating group) is 1. The van der Waals surface area contributed by atoms with Gasteiger partial charge in [-0.1, -0.05) is 6.08 Å². The van der Waals surface area contributed by atoms with Gasteiger partial charge in [-0.15, -0.1) is 0 Å². The Morgan fingerprint density at radius 2 is 1.70 bits per heavy atom. The highest BCUT2D eigenvalue weighted by Gasteiger charge is 2.28. The second-order valence-electron chi connectivity index (χ2n) is 6.00. The zero-order valence-electron chi connectivity index (χ0n) is 16.0. The third-order valence-electron chi connectivity index (χ3n) is 4.49. The zero-order valence-corrected chi connectivity index (χ0v) is 16.0. The number of aromatic nitrogens is 2. The van der Waals surface area contributed by atoms with E-state index in [-0.39, 0.29) is 0 Å². The Labute approximate surface area is 157 Å². The van der Waals surface area contributed by atoms with Crippen molar-refractivity contribution in [2.75, 3.05) is 28.4 Å². The first-order chi connectivity index (χ1) is 13.0. The molecule has 1 aromatic heterocycles. The topological polar surface area (TPSA) is 78.2 Å². The summed E-state index contributed by atoms with van der Waals surface area (Å²) in [7, 11) is 8.33. The number of methoxy groups -OCH3 is 3. The molecule has 0 aliphatic carbocycles. The lowest BCUT2D eigenvalue weighted by Gasteiger charge is -2.29. The van der Waals surface area contributed by atoms with E-state index in [4.69, 9.17) is 14.2 Å². The fourth-order valence-corrected chi connectivity index (χ4v) is 3.02. The van der Waals surface area contributed by atoms with Gasteiger partial charge in [0.2, 0.25) is 5.75 Å². The highest BCUT2D eigenvalue weighted by Crippen LogP contribution is 2.38. The maximum Gasteiger partial charge on any atom is 0.203 e. The van der Waals surface area contributed by atoms with Gasteiger partial charge >= 0.3 is 0 Å². The monoisotopic (exact) mass is 370 g/mol. The molecular weight excluding hydrogens is 348 g/mol. The van der Waals surface area contributed by atoms with Crippen LogP contribution in [0.25, 0.3) is 6.08 Å². The zero-order chi connectivity index (χ0) is 19.6. The Morgan fingerprint density at radius 1 is 1.04 bits per heavy atom. The molecule has 3 rings (SSSR count). The van der Waals surface area contributed by atoms with Crippen LogP contribution in [0.4, 0.5) is 5.82 Å². The minimum atomic E-state index is -0.425. The number of amidine groups is 1. The van der Waals surface area contributed by atoms with Crippen molar-refractivity contribution in [1.29, 1.82) is 0 Å². The van der Waals surface area contributed by atoms with Crippen LogP contribution in [0.15, 0.2) is 29.4 Å². The van der Waals surface area contributed by atoms with E-state index >= 15 is 0 Å². The average molecular weight is 370 g/mol. The molecule has 0 fully saturated rings. The lowest BCUT2D eigenvalue weighted by atomic mass is 10.1. The van der Waals surface area contributed by atoms with E-state index in [2.05, 4.69) is 10.1 Å². The summed E-state index contributed by atoms with van der Waals surface area (Å²) in [6, 6.07) is 3.26. The molecule has 0 saturated heterocycles. The van der Waals surface area contributed by atoms with Crippen LogP contribution in [0.1, 0.15) is 17.2 Å². The number of aryl methyl sites for hydroxylation is 1. The van der Waals surface area contributed by atoms with Crippen molar-refractivity contribution in [2.24, 2.45) is 12.0 Å². The van der Waals surface area contributed by atoms with Crippen LogP contribution in [0, 0.1) is 0 Å². The summed E-state index contributed by atoms with van der Waals surface area (Å²) in [6.45, 7) is 0. The third kappa shape index (κ3) is 3.25. The van der Waals surface area contributed by atoms with E-state index in [1.807, 2.05) is 36.2 Å². The van der Waals surface area contributed by atoms with E-state index in [9.17, 15) is 4.79 Å². The molecule has 1 aliphatic rings. The number of aldehydes is 1. The van der Waals surface area contributed by atoms with Gasteiger partial charge in [0.1, 0.15) is 18.2 Å². The normalized spacial score (nSPS) is 16.1. The van der Waals surface area contributed by atoms with Crippen molar-refractivity contribution < 1.29 is 19.0 Å². The van der Waals surface area contributed by atoms with Gasteiger partial charge in [0.15, 0.2) is 17.3 Å². The molecule has 1 aliphatic heterocycles. The number of carbonyl (C=O) groups is 1. The van der Waals surface area contributed by atoms with Gasteiger partial charge in [0, 0.05) is 19.7 Å². The largest absolute Gasteiger partial charge is 0.493 e.